The number of halogens is 4. The van der Waals surface area contributed by atoms with E-state index in [1.807, 2.05) is 0 Å². The van der Waals surface area contributed by atoms with Crippen molar-refractivity contribution in [2.24, 2.45) is 0 Å². The summed E-state index contributed by atoms with van der Waals surface area (Å²) >= 11 is 5.68. The Morgan fingerprint density at radius 1 is 1.10 bits per heavy atom. The maximum Gasteiger partial charge on any atom is 0.416 e. The Morgan fingerprint density at radius 2 is 1.71 bits per heavy atom. The van der Waals surface area contributed by atoms with E-state index in [1.165, 1.54) is 18.2 Å². The monoisotopic (exact) mass is 315 g/mol. The van der Waals surface area contributed by atoms with Crippen molar-refractivity contribution in [2.75, 3.05) is 5.32 Å². The van der Waals surface area contributed by atoms with E-state index < -0.39 is 17.6 Å². The lowest BCUT2D eigenvalue weighted by Gasteiger charge is -2.09. The van der Waals surface area contributed by atoms with Gasteiger partial charge >= 0.3 is 6.18 Å². The van der Waals surface area contributed by atoms with Crippen molar-refractivity contribution in [3.8, 4) is 5.75 Å². The third kappa shape index (κ3) is 3.66. The maximum absolute atomic E-state index is 12.4. The predicted octanol–water partition coefficient (Wildman–Crippen LogP) is 4.32. The van der Waals surface area contributed by atoms with Crippen LogP contribution in [0.25, 0.3) is 0 Å². The number of hydrogen-bond donors (Lipinski definition) is 2. The van der Waals surface area contributed by atoms with Crippen molar-refractivity contribution in [3.05, 3.63) is 58.6 Å². The lowest BCUT2D eigenvalue weighted by Crippen LogP contribution is -2.12. The lowest BCUT2D eigenvalue weighted by atomic mass is 10.1. The summed E-state index contributed by atoms with van der Waals surface area (Å²) in [4.78, 5) is 11.9. The van der Waals surface area contributed by atoms with Crippen molar-refractivity contribution < 1.29 is 23.1 Å². The molecule has 2 rings (SSSR count). The summed E-state index contributed by atoms with van der Waals surface area (Å²) in [7, 11) is 0. The Hall–Kier alpha value is -2.21. The number of hydrogen-bond acceptors (Lipinski definition) is 2. The molecule has 0 aliphatic rings. The molecule has 0 aliphatic carbocycles. The second-order valence-corrected chi connectivity index (χ2v) is 4.60. The zero-order chi connectivity index (χ0) is 15.6. The van der Waals surface area contributed by atoms with Crippen LogP contribution >= 0.6 is 11.6 Å². The van der Waals surface area contributed by atoms with Gasteiger partial charge in [-0.05, 0) is 42.5 Å². The molecule has 2 aromatic rings. The van der Waals surface area contributed by atoms with Gasteiger partial charge in [-0.25, -0.2) is 0 Å². The summed E-state index contributed by atoms with van der Waals surface area (Å²) in [6.45, 7) is 0. The molecule has 0 unspecified atom stereocenters. The largest absolute Gasteiger partial charge is 0.506 e. The van der Waals surface area contributed by atoms with E-state index in [-0.39, 0.29) is 22.0 Å². The first-order chi connectivity index (χ1) is 9.77. The summed E-state index contributed by atoms with van der Waals surface area (Å²) in [5, 5.41) is 11.7. The minimum absolute atomic E-state index is 0.00932. The van der Waals surface area contributed by atoms with Crippen molar-refractivity contribution in [3.63, 3.8) is 0 Å². The maximum atomic E-state index is 12.4. The first kappa shape index (κ1) is 15.2. The van der Waals surface area contributed by atoms with Crippen LogP contribution in [0.15, 0.2) is 42.5 Å². The van der Waals surface area contributed by atoms with Crippen LogP contribution in [0.2, 0.25) is 5.02 Å². The summed E-state index contributed by atoms with van der Waals surface area (Å²) < 4.78 is 37.2. The number of phenols is 1. The van der Waals surface area contributed by atoms with Crippen molar-refractivity contribution in [2.45, 2.75) is 6.18 Å². The van der Waals surface area contributed by atoms with Crippen LogP contribution in [0.3, 0.4) is 0 Å². The van der Waals surface area contributed by atoms with E-state index in [0.717, 1.165) is 24.3 Å². The third-order valence-corrected chi connectivity index (χ3v) is 2.98. The summed E-state index contributed by atoms with van der Waals surface area (Å²) in [6.07, 6.45) is -4.42. The fourth-order valence-electron chi connectivity index (χ4n) is 1.59. The van der Waals surface area contributed by atoms with Crippen molar-refractivity contribution >= 4 is 23.2 Å². The number of amides is 1. The van der Waals surface area contributed by atoms with Gasteiger partial charge in [-0.2, -0.15) is 13.2 Å². The van der Waals surface area contributed by atoms with Gasteiger partial charge in [0.15, 0.2) is 0 Å². The van der Waals surface area contributed by atoms with Crippen LogP contribution in [0.5, 0.6) is 5.75 Å². The molecule has 0 atom stereocenters. The predicted molar refractivity (Wildman–Crippen MR) is 72.5 cm³/mol. The normalized spacial score (nSPS) is 11.2. The standard InChI is InChI=1S/C14H9ClF3NO2/c15-11-7-8(1-6-12(11)20)13(21)19-10-4-2-9(3-5-10)14(16,17)18/h1-7,20H,(H,19,21). The highest BCUT2D eigenvalue weighted by Crippen LogP contribution is 2.30. The molecule has 0 spiro atoms. The van der Waals surface area contributed by atoms with Gasteiger partial charge in [0.25, 0.3) is 5.91 Å². The molecule has 0 aliphatic heterocycles. The average molecular weight is 316 g/mol. The van der Waals surface area contributed by atoms with E-state index in [9.17, 15) is 23.1 Å². The number of phenolic OH excluding ortho intramolecular Hbond substituents is 1. The highest BCUT2D eigenvalue weighted by molar-refractivity contribution is 6.32. The topological polar surface area (TPSA) is 49.3 Å². The van der Waals surface area contributed by atoms with Crippen LogP contribution in [0, 0.1) is 0 Å². The summed E-state index contributed by atoms with van der Waals surface area (Å²) in [5.41, 5.74) is -0.400. The molecule has 0 fully saturated rings. The molecule has 0 saturated carbocycles. The van der Waals surface area contributed by atoms with Gasteiger partial charge in [-0.15, -0.1) is 0 Å². The molecule has 0 bridgehead atoms. The van der Waals surface area contributed by atoms with Crippen LogP contribution in [-0.4, -0.2) is 11.0 Å². The molecule has 0 heterocycles. The Kier molecular flexibility index (Phi) is 4.09. The average Bonchev–Trinajstić information content (AvgIpc) is 2.41. The highest BCUT2D eigenvalue weighted by Gasteiger charge is 2.29. The van der Waals surface area contributed by atoms with Crippen LogP contribution < -0.4 is 5.32 Å². The molecular formula is C14H9ClF3NO2. The Bertz CT molecular complexity index is 669. The summed E-state index contributed by atoms with van der Waals surface area (Å²) in [5.74, 6) is -0.709. The Balaban J connectivity index is 2.14. The zero-order valence-electron chi connectivity index (χ0n) is 10.4. The Morgan fingerprint density at radius 3 is 2.24 bits per heavy atom. The van der Waals surface area contributed by atoms with Crippen LogP contribution in [0.4, 0.5) is 18.9 Å². The van der Waals surface area contributed by atoms with E-state index in [4.69, 9.17) is 11.6 Å². The number of carbonyl (C=O) groups excluding carboxylic acids is 1. The van der Waals surface area contributed by atoms with Gasteiger partial charge in [-0.3, -0.25) is 4.79 Å². The molecule has 7 heteroatoms. The minimum atomic E-state index is -4.42. The number of rotatable bonds is 2. The van der Waals surface area contributed by atoms with Gasteiger partial charge in [0.1, 0.15) is 5.75 Å². The lowest BCUT2D eigenvalue weighted by molar-refractivity contribution is -0.137. The number of aromatic hydroxyl groups is 1. The molecule has 0 aromatic heterocycles. The molecule has 0 radical (unpaired) electrons. The molecule has 2 N–H and O–H groups in total. The van der Waals surface area contributed by atoms with Gasteiger partial charge in [0.05, 0.1) is 10.6 Å². The van der Waals surface area contributed by atoms with Gasteiger partial charge in [0, 0.05) is 11.3 Å². The molecular weight excluding hydrogens is 307 g/mol. The number of anilines is 1. The molecule has 110 valence electrons. The Labute approximate surface area is 123 Å². The molecule has 1 amide bonds. The molecule has 0 saturated heterocycles. The van der Waals surface area contributed by atoms with Gasteiger partial charge in [0.2, 0.25) is 0 Å². The van der Waals surface area contributed by atoms with E-state index >= 15 is 0 Å². The molecule has 3 nitrogen and oxygen atoms in total. The molecule has 2 aromatic carbocycles. The number of nitrogens with one attached hydrogen (secondary N) is 1. The van der Waals surface area contributed by atoms with Crippen molar-refractivity contribution in [1.29, 1.82) is 0 Å². The van der Waals surface area contributed by atoms with Gasteiger partial charge < -0.3 is 10.4 Å². The summed E-state index contributed by atoms with van der Waals surface area (Å²) in [6, 6.07) is 7.92. The minimum Gasteiger partial charge on any atom is -0.506 e. The van der Waals surface area contributed by atoms with Crippen LogP contribution in [0.1, 0.15) is 15.9 Å². The fraction of sp³-hybridized carbons (Fsp3) is 0.0714. The first-order valence-electron chi connectivity index (χ1n) is 5.74. The second-order valence-electron chi connectivity index (χ2n) is 4.20. The second kappa shape index (κ2) is 5.65. The highest BCUT2D eigenvalue weighted by atomic mass is 35.5. The SMILES string of the molecule is O=C(Nc1ccc(C(F)(F)F)cc1)c1ccc(O)c(Cl)c1. The zero-order valence-corrected chi connectivity index (χ0v) is 11.2. The number of carbonyl (C=O) groups is 1. The third-order valence-electron chi connectivity index (χ3n) is 2.68. The van der Waals surface area contributed by atoms with Crippen molar-refractivity contribution in [1.82, 2.24) is 0 Å². The number of alkyl halides is 3. The fourth-order valence-corrected chi connectivity index (χ4v) is 1.77. The van der Waals surface area contributed by atoms with E-state index in [1.54, 1.807) is 0 Å². The van der Waals surface area contributed by atoms with Gasteiger partial charge in [-0.1, -0.05) is 11.6 Å². The smallest absolute Gasteiger partial charge is 0.416 e. The first-order valence-corrected chi connectivity index (χ1v) is 6.12. The van der Waals surface area contributed by atoms with Crippen LogP contribution in [-0.2, 0) is 6.18 Å². The molecule has 21 heavy (non-hydrogen) atoms. The number of benzene rings is 2. The quantitative estimate of drug-likeness (QED) is 0.867. The van der Waals surface area contributed by atoms with E-state index in [2.05, 4.69) is 5.32 Å². The van der Waals surface area contributed by atoms with E-state index in [0.29, 0.717) is 0 Å².